The lowest BCUT2D eigenvalue weighted by Gasteiger charge is -2.29. The monoisotopic (exact) mass is 317 g/mol. The van der Waals surface area contributed by atoms with E-state index in [-0.39, 0.29) is 11.8 Å². The third kappa shape index (κ3) is 2.61. The number of thiazole rings is 1. The number of ether oxygens (including phenoxy) is 1. The summed E-state index contributed by atoms with van der Waals surface area (Å²) >= 11 is 1.57. The van der Waals surface area contributed by atoms with Gasteiger partial charge < -0.3 is 9.84 Å². The van der Waals surface area contributed by atoms with Crippen LogP contribution in [0.25, 0.3) is 0 Å². The Hall–Kier alpha value is -1.88. The number of para-hydroxylation sites is 1. The van der Waals surface area contributed by atoms with Crippen LogP contribution in [0.5, 0.6) is 5.75 Å². The number of aliphatic carboxylic acids is 1. The van der Waals surface area contributed by atoms with Gasteiger partial charge in [-0.25, -0.2) is 4.98 Å². The van der Waals surface area contributed by atoms with E-state index in [0.717, 1.165) is 36.4 Å². The van der Waals surface area contributed by atoms with Crippen LogP contribution >= 0.6 is 11.3 Å². The Balaban J connectivity index is 2.05. The van der Waals surface area contributed by atoms with Crippen LogP contribution in [0.2, 0.25) is 0 Å². The molecule has 1 heterocycles. The minimum Gasteiger partial charge on any atom is -0.496 e. The van der Waals surface area contributed by atoms with E-state index in [2.05, 4.69) is 11.1 Å². The zero-order chi connectivity index (χ0) is 15.6. The molecule has 0 aliphatic heterocycles. The second-order valence-electron chi connectivity index (χ2n) is 5.70. The molecule has 1 aliphatic rings. The summed E-state index contributed by atoms with van der Waals surface area (Å²) < 4.78 is 5.56. The highest BCUT2D eigenvalue weighted by atomic mass is 32.1. The van der Waals surface area contributed by atoms with E-state index in [1.165, 1.54) is 5.56 Å². The van der Waals surface area contributed by atoms with Gasteiger partial charge in [-0.15, -0.1) is 11.3 Å². The smallest absolute Gasteiger partial charge is 0.309 e. The van der Waals surface area contributed by atoms with Crippen molar-refractivity contribution in [1.29, 1.82) is 0 Å². The van der Waals surface area contributed by atoms with Crippen molar-refractivity contribution in [3.63, 3.8) is 0 Å². The molecule has 0 saturated heterocycles. The zero-order valence-corrected chi connectivity index (χ0v) is 13.4. The molecule has 1 aliphatic carbocycles. The average molecular weight is 317 g/mol. The fourth-order valence-corrected chi connectivity index (χ4v) is 4.47. The molecule has 0 atom stereocenters. The summed E-state index contributed by atoms with van der Waals surface area (Å²) in [6.45, 7) is 0. The van der Waals surface area contributed by atoms with E-state index in [1.807, 2.05) is 23.6 Å². The molecule has 3 rings (SSSR count). The van der Waals surface area contributed by atoms with Gasteiger partial charge in [0.25, 0.3) is 0 Å². The summed E-state index contributed by atoms with van der Waals surface area (Å²) in [6, 6.07) is 8.11. The average Bonchev–Trinajstić information content (AvgIpc) is 3.16. The molecule has 5 heteroatoms. The van der Waals surface area contributed by atoms with Crippen LogP contribution in [0, 0.1) is 0 Å². The van der Waals surface area contributed by atoms with E-state index in [1.54, 1.807) is 18.4 Å². The molecule has 1 saturated carbocycles. The first kappa shape index (κ1) is 15.0. The van der Waals surface area contributed by atoms with Gasteiger partial charge in [0.05, 0.1) is 24.6 Å². The van der Waals surface area contributed by atoms with E-state index >= 15 is 0 Å². The molecule has 116 valence electrons. The SMILES string of the molecule is COc1ccccc1C1(c2nc(CC(=O)O)cs2)CCCC1. The van der Waals surface area contributed by atoms with Crippen LogP contribution in [-0.2, 0) is 16.6 Å². The van der Waals surface area contributed by atoms with Gasteiger partial charge in [-0.05, 0) is 18.9 Å². The van der Waals surface area contributed by atoms with Crippen LogP contribution in [-0.4, -0.2) is 23.2 Å². The van der Waals surface area contributed by atoms with Gasteiger partial charge >= 0.3 is 5.97 Å². The molecule has 2 aromatic rings. The Morgan fingerprint density at radius 2 is 2.09 bits per heavy atom. The quantitative estimate of drug-likeness (QED) is 0.914. The molecule has 0 amide bonds. The van der Waals surface area contributed by atoms with Gasteiger partial charge in [-0.3, -0.25) is 4.79 Å². The number of methoxy groups -OCH3 is 1. The second-order valence-corrected chi connectivity index (χ2v) is 6.56. The third-order valence-corrected chi connectivity index (χ3v) is 5.47. The van der Waals surface area contributed by atoms with E-state index < -0.39 is 5.97 Å². The van der Waals surface area contributed by atoms with Crippen LogP contribution in [0.1, 0.15) is 41.9 Å². The van der Waals surface area contributed by atoms with Crippen molar-refractivity contribution in [3.05, 3.63) is 45.9 Å². The number of carbonyl (C=O) groups is 1. The maximum Gasteiger partial charge on any atom is 0.309 e. The standard InChI is InChI=1S/C17H19NO3S/c1-21-14-7-3-2-6-13(14)17(8-4-5-9-17)16-18-12(11-22-16)10-15(19)20/h2-3,6-7,11H,4-5,8-10H2,1H3,(H,19,20). The lowest BCUT2D eigenvalue weighted by molar-refractivity contribution is -0.136. The number of benzene rings is 1. The zero-order valence-electron chi connectivity index (χ0n) is 12.5. The molecule has 1 aromatic carbocycles. The van der Waals surface area contributed by atoms with Gasteiger partial charge in [0.15, 0.2) is 0 Å². The molecular formula is C17H19NO3S. The number of aromatic nitrogens is 1. The Morgan fingerprint density at radius 1 is 1.36 bits per heavy atom. The normalized spacial score (nSPS) is 16.6. The van der Waals surface area contributed by atoms with Crippen LogP contribution in [0.4, 0.5) is 0 Å². The molecule has 0 radical (unpaired) electrons. The number of nitrogens with zero attached hydrogens (tertiary/aromatic N) is 1. The fourth-order valence-electron chi connectivity index (χ4n) is 3.38. The Labute approximate surface area is 133 Å². The summed E-state index contributed by atoms with van der Waals surface area (Å²) in [5.41, 5.74) is 1.69. The molecule has 22 heavy (non-hydrogen) atoms. The molecule has 0 bridgehead atoms. The fraction of sp³-hybridized carbons (Fsp3) is 0.412. The molecule has 0 spiro atoms. The van der Waals surface area contributed by atoms with E-state index in [0.29, 0.717) is 5.69 Å². The number of rotatable bonds is 5. The minimum atomic E-state index is -0.838. The molecule has 0 unspecified atom stereocenters. The Morgan fingerprint density at radius 3 is 2.77 bits per heavy atom. The lowest BCUT2D eigenvalue weighted by atomic mass is 9.79. The first-order chi connectivity index (χ1) is 10.7. The van der Waals surface area contributed by atoms with Crippen LogP contribution in [0.15, 0.2) is 29.6 Å². The largest absolute Gasteiger partial charge is 0.496 e. The first-order valence-electron chi connectivity index (χ1n) is 7.46. The van der Waals surface area contributed by atoms with E-state index in [4.69, 9.17) is 9.84 Å². The lowest BCUT2D eigenvalue weighted by Crippen LogP contribution is -2.24. The Bertz CT molecular complexity index is 674. The summed E-state index contributed by atoms with van der Waals surface area (Å²) in [4.78, 5) is 15.5. The van der Waals surface area contributed by atoms with Crippen molar-refractivity contribution in [2.45, 2.75) is 37.5 Å². The van der Waals surface area contributed by atoms with Gasteiger partial charge in [-0.2, -0.15) is 0 Å². The van der Waals surface area contributed by atoms with Crippen molar-refractivity contribution >= 4 is 17.3 Å². The third-order valence-electron chi connectivity index (χ3n) is 4.37. The Kier molecular flexibility index (Phi) is 4.16. The van der Waals surface area contributed by atoms with Crippen molar-refractivity contribution in [2.24, 2.45) is 0 Å². The minimum absolute atomic E-state index is 0.0154. The van der Waals surface area contributed by atoms with Crippen molar-refractivity contribution in [2.75, 3.05) is 7.11 Å². The number of hydrogen-bond acceptors (Lipinski definition) is 4. The van der Waals surface area contributed by atoms with Crippen molar-refractivity contribution in [1.82, 2.24) is 4.98 Å². The predicted molar refractivity (Wildman–Crippen MR) is 85.7 cm³/mol. The van der Waals surface area contributed by atoms with Gasteiger partial charge in [0.1, 0.15) is 10.8 Å². The molecule has 1 fully saturated rings. The summed E-state index contributed by atoms with van der Waals surface area (Å²) in [6.07, 6.45) is 4.37. The van der Waals surface area contributed by atoms with Crippen molar-refractivity contribution in [3.8, 4) is 5.75 Å². The first-order valence-corrected chi connectivity index (χ1v) is 8.34. The summed E-state index contributed by atoms with van der Waals surface area (Å²) in [7, 11) is 1.69. The van der Waals surface area contributed by atoms with Crippen LogP contribution < -0.4 is 4.74 Å². The molecule has 1 aromatic heterocycles. The number of hydrogen-bond donors (Lipinski definition) is 1. The molecular weight excluding hydrogens is 298 g/mol. The number of carboxylic acid groups (broad SMARTS) is 1. The summed E-state index contributed by atoms with van der Waals surface area (Å²) in [5.74, 6) is 0.0500. The highest BCUT2D eigenvalue weighted by Crippen LogP contribution is 2.50. The topological polar surface area (TPSA) is 59.4 Å². The van der Waals surface area contributed by atoms with Gasteiger partial charge in [0, 0.05) is 10.9 Å². The van der Waals surface area contributed by atoms with E-state index in [9.17, 15) is 4.79 Å². The second kappa shape index (κ2) is 6.08. The maximum atomic E-state index is 10.9. The molecule has 4 nitrogen and oxygen atoms in total. The predicted octanol–water partition coefficient (Wildman–Crippen LogP) is 3.64. The maximum absolute atomic E-state index is 10.9. The van der Waals surface area contributed by atoms with Gasteiger partial charge in [-0.1, -0.05) is 31.0 Å². The highest BCUT2D eigenvalue weighted by Gasteiger charge is 2.41. The van der Waals surface area contributed by atoms with Crippen molar-refractivity contribution < 1.29 is 14.6 Å². The molecule has 1 N–H and O–H groups in total. The summed E-state index contributed by atoms with van der Waals surface area (Å²) in [5, 5.41) is 11.8. The highest BCUT2D eigenvalue weighted by molar-refractivity contribution is 7.09. The van der Waals surface area contributed by atoms with Gasteiger partial charge in [0.2, 0.25) is 0 Å². The number of carboxylic acids is 1. The van der Waals surface area contributed by atoms with Crippen LogP contribution in [0.3, 0.4) is 0 Å².